The van der Waals surface area contributed by atoms with Gasteiger partial charge in [-0.3, -0.25) is 4.79 Å². The number of halogens is 1. The minimum Gasteiger partial charge on any atom is -0.495 e. The van der Waals surface area contributed by atoms with E-state index in [1.54, 1.807) is 37.1 Å². The fourth-order valence-corrected chi connectivity index (χ4v) is 3.02. The molecule has 2 amide bonds. The highest BCUT2D eigenvalue weighted by Gasteiger charge is 2.24. The molecule has 2 rings (SSSR count). The zero-order valence-electron chi connectivity index (χ0n) is 15.2. The van der Waals surface area contributed by atoms with Crippen molar-refractivity contribution in [2.45, 2.75) is 32.2 Å². The third-order valence-electron chi connectivity index (χ3n) is 4.22. The lowest BCUT2D eigenvalue weighted by atomic mass is 10.1. The number of anilines is 1. The van der Waals surface area contributed by atoms with Crippen LogP contribution < -0.4 is 15.4 Å². The Hall–Kier alpha value is -2.15. The van der Waals surface area contributed by atoms with Crippen LogP contribution in [0.1, 0.15) is 26.2 Å². The van der Waals surface area contributed by atoms with Crippen LogP contribution in [0.25, 0.3) is 0 Å². The first-order valence-electron chi connectivity index (χ1n) is 8.82. The molecule has 1 aliphatic rings. The first-order chi connectivity index (χ1) is 12.5. The molecule has 26 heavy (non-hydrogen) atoms. The van der Waals surface area contributed by atoms with Gasteiger partial charge in [-0.1, -0.05) is 11.6 Å². The van der Waals surface area contributed by atoms with Gasteiger partial charge in [-0.05, 0) is 38.0 Å². The van der Waals surface area contributed by atoms with Gasteiger partial charge in [-0.25, -0.2) is 4.79 Å². The lowest BCUT2D eigenvalue weighted by Crippen LogP contribution is -2.46. The monoisotopic (exact) mass is 383 g/mol. The summed E-state index contributed by atoms with van der Waals surface area (Å²) >= 11 is 5.99. The summed E-state index contributed by atoms with van der Waals surface area (Å²) in [6, 6.07) is 5.39. The zero-order chi connectivity index (χ0) is 18.9. The first-order valence-corrected chi connectivity index (χ1v) is 9.19. The molecule has 0 atom stereocenters. The summed E-state index contributed by atoms with van der Waals surface area (Å²) in [5, 5.41) is 6.79. The van der Waals surface area contributed by atoms with Crippen molar-refractivity contribution in [3.63, 3.8) is 0 Å². The Balaban J connectivity index is 1.70. The van der Waals surface area contributed by atoms with E-state index in [0.717, 1.165) is 18.5 Å². The minimum atomic E-state index is -0.281. The number of hydrogen-bond donors (Lipinski definition) is 2. The second kappa shape index (κ2) is 10.1. The van der Waals surface area contributed by atoms with Gasteiger partial charge in [-0.2, -0.15) is 0 Å². The second-order valence-corrected chi connectivity index (χ2v) is 6.49. The molecule has 7 nitrogen and oxygen atoms in total. The number of amides is 2. The summed E-state index contributed by atoms with van der Waals surface area (Å²) in [5.74, 6) is 0.661. The van der Waals surface area contributed by atoms with Crippen molar-refractivity contribution in [2.75, 3.05) is 38.7 Å². The van der Waals surface area contributed by atoms with Crippen LogP contribution in [-0.4, -0.2) is 56.3 Å². The van der Waals surface area contributed by atoms with Gasteiger partial charge in [0.05, 0.1) is 19.4 Å². The van der Waals surface area contributed by atoms with Gasteiger partial charge in [0.1, 0.15) is 5.75 Å². The number of nitrogens with zero attached hydrogens (tertiary/aromatic N) is 1. The highest BCUT2D eigenvalue weighted by molar-refractivity contribution is 6.30. The molecule has 1 heterocycles. The third-order valence-corrected chi connectivity index (χ3v) is 4.45. The van der Waals surface area contributed by atoms with Crippen LogP contribution in [0.15, 0.2) is 18.2 Å². The molecule has 144 valence electrons. The minimum absolute atomic E-state index is 0.0203. The van der Waals surface area contributed by atoms with Gasteiger partial charge in [-0.15, -0.1) is 0 Å². The predicted molar refractivity (Wildman–Crippen MR) is 101 cm³/mol. The Morgan fingerprint density at radius 3 is 2.69 bits per heavy atom. The molecule has 2 N–H and O–H groups in total. The largest absolute Gasteiger partial charge is 0.495 e. The fraction of sp³-hybridized carbons (Fsp3) is 0.556. The molecule has 1 fully saturated rings. The first kappa shape index (κ1) is 20.2. The second-order valence-electron chi connectivity index (χ2n) is 6.05. The summed E-state index contributed by atoms with van der Waals surface area (Å²) in [6.07, 6.45) is 1.53. The van der Waals surface area contributed by atoms with Gasteiger partial charge in [0, 0.05) is 37.1 Å². The fourth-order valence-electron chi connectivity index (χ4n) is 2.85. The third kappa shape index (κ3) is 5.98. The maximum absolute atomic E-state index is 12.1. The molecule has 0 aromatic heterocycles. The van der Waals surface area contributed by atoms with Crippen LogP contribution in [0.3, 0.4) is 0 Å². The highest BCUT2D eigenvalue weighted by Crippen LogP contribution is 2.27. The van der Waals surface area contributed by atoms with Gasteiger partial charge in [0.2, 0.25) is 5.91 Å². The summed E-state index contributed by atoms with van der Waals surface area (Å²) in [4.78, 5) is 25.5. The van der Waals surface area contributed by atoms with Crippen molar-refractivity contribution in [3.05, 3.63) is 23.2 Å². The molecule has 8 heteroatoms. The number of likely N-dealkylation sites (tertiary alicyclic amines) is 1. The standard InChI is InChI=1S/C18H26ClN3O4/c1-3-26-18(24)22-10-7-14(8-11-22)21-17(23)6-9-20-15-12-13(19)4-5-16(15)25-2/h4-5,12,14,20H,3,6-11H2,1-2H3,(H,21,23). The quantitative estimate of drug-likeness (QED) is 0.756. The van der Waals surface area contributed by atoms with E-state index in [-0.39, 0.29) is 18.0 Å². The van der Waals surface area contributed by atoms with Crippen molar-refractivity contribution >= 4 is 29.3 Å². The average molecular weight is 384 g/mol. The number of carbonyl (C=O) groups excluding carboxylic acids is 2. The summed E-state index contributed by atoms with van der Waals surface area (Å²) in [7, 11) is 1.59. The van der Waals surface area contributed by atoms with Gasteiger partial charge in [0.25, 0.3) is 0 Å². The number of hydrogen-bond acceptors (Lipinski definition) is 5. The molecule has 1 saturated heterocycles. The molecule has 0 bridgehead atoms. The molecule has 1 aliphatic heterocycles. The number of rotatable bonds is 7. The molecule has 0 radical (unpaired) electrons. The van der Waals surface area contributed by atoms with E-state index in [1.165, 1.54) is 0 Å². The van der Waals surface area contributed by atoms with E-state index >= 15 is 0 Å². The molecule has 1 aromatic carbocycles. The Labute approximate surface area is 159 Å². The van der Waals surface area contributed by atoms with Crippen molar-refractivity contribution in [3.8, 4) is 5.75 Å². The van der Waals surface area contributed by atoms with Crippen LogP contribution in [0.2, 0.25) is 5.02 Å². The van der Waals surface area contributed by atoms with E-state index in [0.29, 0.717) is 43.4 Å². The predicted octanol–water partition coefficient (Wildman–Crippen LogP) is 2.89. The van der Waals surface area contributed by atoms with Crippen LogP contribution >= 0.6 is 11.6 Å². The van der Waals surface area contributed by atoms with Crippen molar-refractivity contribution in [1.82, 2.24) is 10.2 Å². The Bertz CT molecular complexity index is 618. The topological polar surface area (TPSA) is 79.9 Å². The van der Waals surface area contributed by atoms with E-state index < -0.39 is 0 Å². The number of methoxy groups -OCH3 is 1. The van der Waals surface area contributed by atoms with Crippen LogP contribution in [0, 0.1) is 0 Å². The average Bonchev–Trinajstić information content (AvgIpc) is 2.62. The summed E-state index contributed by atoms with van der Waals surface area (Å²) in [5.41, 5.74) is 0.760. The molecule has 0 aliphatic carbocycles. The van der Waals surface area contributed by atoms with Gasteiger partial charge < -0.3 is 25.0 Å². The number of ether oxygens (including phenoxy) is 2. The van der Waals surface area contributed by atoms with E-state index in [1.807, 2.05) is 0 Å². The van der Waals surface area contributed by atoms with E-state index in [2.05, 4.69) is 10.6 Å². The normalized spacial score (nSPS) is 14.7. The van der Waals surface area contributed by atoms with Crippen molar-refractivity contribution in [1.29, 1.82) is 0 Å². The lowest BCUT2D eigenvalue weighted by Gasteiger charge is -2.31. The highest BCUT2D eigenvalue weighted by atomic mass is 35.5. The Kier molecular flexibility index (Phi) is 7.84. The smallest absolute Gasteiger partial charge is 0.409 e. The molecule has 0 spiro atoms. The summed E-state index contributed by atoms with van der Waals surface area (Å²) < 4.78 is 10.3. The number of nitrogens with one attached hydrogen (secondary N) is 2. The molecular weight excluding hydrogens is 358 g/mol. The van der Waals surface area contributed by atoms with E-state index in [4.69, 9.17) is 21.1 Å². The molecule has 0 unspecified atom stereocenters. The lowest BCUT2D eigenvalue weighted by molar-refractivity contribution is -0.121. The Morgan fingerprint density at radius 2 is 2.04 bits per heavy atom. The van der Waals surface area contributed by atoms with Crippen molar-refractivity contribution < 1.29 is 19.1 Å². The van der Waals surface area contributed by atoms with E-state index in [9.17, 15) is 9.59 Å². The molecule has 1 aromatic rings. The number of carbonyl (C=O) groups is 2. The van der Waals surface area contributed by atoms with Crippen LogP contribution in [-0.2, 0) is 9.53 Å². The molecule has 0 saturated carbocycles. The summed E-state index contributed by atoms with van der Waals surface area (Å²) in [6.45, 7) is 3.84. The Morgan fingerprint density at radius 1 is 1.31 bits per heavy atom. The maximum atomic E-state index is 12.1. The maximum Gasteiger partial charge on any atom is 0.409 e. The van der Waals surface area contributed by atoms with Gasteiger partial charge in [0.15, 0.2) is 0 Å². The molecular formula is C18H26ClN3O4. The van der Waals surface area contributed by atoms with Crippen LogP contribution in [0.4, 0.5) is 10.5 Å². The number of piperidine rings is 1. The van der Waals surface area contributed by atoms with Crippen LogP contribution in [0.5, 0.6) is 5.75 Å². The zero-order valence-corrected chi connectivity index (χ0v) is 16.0. The van der Waals surface area contributed by atoms with Crippen molar-refractivity contribution in [2.24, 2.45) is 0 Å². The van der Waals surface area contributed by atoms with Gasteiger partial charge >= 0.3 is 6.09 Å². The SMILES string of the molecule is CCOC(=O)N1CCC(NC(=O)CCNc2cc(Cl)ccc2OC)CC1. The number of benzene rings is 1.